The molecule has 0 fully saturated rings. The molecule has 0 bridgehead atoms. The van der Waals surface area contributed by atoms with Crippen LogP contribution in [0.3, 0.4) is 0 Å². The third-order valence-corrected chi connectivity index (χ3v) is 7.76. The van der Waals surface area contributed by atoms with Crippen molar-refractivity contribution in [1.29, 1.82) is 0 Å². The number of carboxylic acids is 1. The summed E-state index contributed by atoms with van der Waals surface area (Å²) < 4.78 is 58.4. The Bertz CT molecular complexity index is 1400. The van der Waals surface area contributed by atoms with Crippen molar-refractivity contribution >= 4 is 37.5 Å². The SMILES string of the molecule is Cc1sc2nc(C(C)NCc3ccc(CS(=O)(=O)NC(C)C)cc3)[nH]c(=O)c2c1C.O=C(O)C(F)(F)F. The molecule has 0 aliphatic rings. The molecule has 14 heteroatoms. The molecule has 1 atom stereocenters. The van der Waals surface area contributed by atoms with Crippen molar-refractivity contribution in [1.82, 2.24) is 20.0 Å². The number of nitrogens with zero attached hydrogens (tertiary/aromatic N) is 1. The van der Waals surface area contributed by atoms with Crippen molar-refractivity contribution < 1.29 is 31.5 Å². The van der Waals surface area contributed by atoms with E-state index in [4.69, 9.17) is 9.90 Å². The van der Waals surface area contributed by atoms with E-state index in [2.05, 4.69) is 20.0 Å². The Kier molecular flexibility index (Phi) is 9.99. The Labute approximate surface area is 216 Å². The number of aromatic nitrogens is 2. The van der Waals surface area contributed by atoms with E-state index in [1.807, 2.05) is 45.0 Å². The monoisotopic (exact) mass is 562 g/mol. The van der Waals surface area contributed by atoms with E-state index in [-0.39, 0.29) is 23.4 Å². The van der Waals surface area contributed by atoms with Crippen molar-refractivity contribution in [3.8, 4) is 0 Å². The number of halogens is 3. The lowest BCUT2D eigenvalue weighted by molar-refractivity contribution is -0.192. The van der Waals surface area contributed by atoms with Gasteiger partial charge < -0.3 is 15.4 Å². The predicted octanol–water partition coefficient (Wildman–Crippen LogP) is 3.91. The van der Waals surface area contributed by atoms with Crippen LogP contribution >= 0.6 is 11.3 Å². The van der Waals surface area contributed by atoms with Crippen LogP contribution in [0.5, 0.6) is 0 Å². The van der Waals surface area contributed by atoms with Crippen molar-refractivity contribution in [2.24, 2.45) is 0 Å². The van der Waals surface area contributed by atoms with Crippen LogP contribution in [0.15, 0.2) is 29.1 Å². The summed E-state index contributed by atoms with van der Waals surface area (Å²) in [6.45, 7) is 10.1. The van der Waals surface area contributed by atoms with E-state index in [1.165, 1.54) is 11.3 Å². The fourth-order valence-electron chi connectivity index (χ4n) is 3.22. The molecule has 1 unspecified atom stereocenters. The van der Waals surface area contributed by atoms with E-state index < -0.39 is 22.2 Å². The van der Waals surface area contributed by atoms with Crippen LogP contribution in [0.1, 0.15) is 54.2 Å². The molecule has 0 aliphatic carbocycles. The molecule has 3 rings (SSSR count). The van der Waals surface area contributed by atoms with Gasteiger partial charge in [0.15, 0.2) is 0 Å². The lowest BCUT2D eigenvalue weighted by Crippen LogP contribution is -2.31. The fourth-order valence-corrected chi connectivity index (χ4v) is 5.69. The second-order valence-corrected chi connectivity index (χ2v) is 11.6. The molecule has 0 amide bonds. The largest absolute Gasteiger partial charge is 0.490 e. The van der Waals surface area contributed by atoms with Crippen LogP contribution < -0.4 is 15.6 Å². The Morgan fingerprint density at radius 1 is 1.14 bits per heavy atom. The van der Waals surface area contributed by atoms with Gasteiger partial charge in [-0.25, -0.2) is 22.9 Å². The van der Waals surface area contributed by atoms with E-state index in [0.717, 1.165) is 26.4 Å². The second-order valence-electron chi connectivity index (χ2n) is 8.67. The summed E-state index contributed by atoms with van der Waals surface area (Å²) in [4.78, 5) is 30.8. The molecule has 0 radical (unpaired) electrons. The zero-order valence-corrected chi connectivity index (χ0v) is 22.5. The number of aromatic amines is 1. The summed E-state index contributed by atoms with van der Waals surface area (Å²) in [5.41, 5.74) is 2.64. The topological polar surface area (TPSA) is 141 Å². The smallest absolute Gasteiger partial charge is 0.475 e. The number of aliphatic carboxylic acids is 1. The molecule has 0 saturated carbocycles. The van der Waals surface area contributed by atoms with Gasteiger partial charge in [0.05, 0.1) is 17.2 Å². The minimum atomic E-state index is -5.08. The number of hydrogen-bond donors (Lipinski definition) is 4. The lowest BCUT2D eigenvalue weighted by atomic mass is 10.1. The number of sulfonamides is 1. The van der Waals surface area contributed by atoms with Crippen LogP contribution in [-0.4, -0.2) is 41.7 Å². The minimum absolute atomic E-state index is 0.0416. The summed E-state index contributed by atoms with van der Waals surface area (Å²) in [5, 5.41) is 11.2. The highest BCUT2D eigenvalue weighted by atomic mass is 32.2. The van der Waals surface area contributed by atoms with Gasteiger partial charge in [-0.05, 0) is 51.3 Å². The van der Waals surface area contributed by atoms with E-state index >= 15 is 0 Å². The van der Waals surface area contributed by atoms with Gasteiger partial charge in [0, 0.05) is 17.5 Å². The van der Waals surface area contributed by atoms with Gasteiger partial charge in [-0.3, -0.25) is 4.79 Å². The van der Waals surface area contributed by atoms with Gasteiger partial charge in [-0.2, -0.15) is 13.2 Å². The maximum atomic E-state index is 12.5. The van der Waals surface area contributed by atoms with Crippen LogP contribution in [-0.2, 0) is 27.1 Å². The molecular formula is C23H29F3N4O5S2. The molecule has 204 valence electrons. The number of hydrogen-bond acceptors (Lipinski definition) is 7. The highest BCUT2D eigenvalue weighted by Gasteiger charge is 2.38. The highest BCUT2D eigenvalue weighted by molar-refractivity contribution is 7.88. The highest BCUT2D eigenvalue weighted by Crippen LogP contribution is 2.26. The van der Waals surface area contributed by atoms with Crippen LogP contribution in [0.4, 0.5) is 13.2 Å². The first-order chi connectivity index (χ1) is 17.0. The molecule has 0 spiro atoms. The maximum Gasteiger partial charge on any atom is 0.490 e. The molecule has 37 heavy (non-hydrogen) atoms. The van der Waals surface area contributed by atoms with Crippen LogP contribution in [0, 0.1) is 13.8 Å². The van der Waals surface area contributed by atoms with Gasteiger partial charge in [-0.15, -0.1) is 11.3 Å². The number of H-pyrrole nitrogens is 1. The Hall–Kier alpha value is -2.81. The number of rotatable bonds is 8. The predicted molar refractivity (Wildman–Crippen MR) is 136 cm³/mol. The normalized spacial score (nSPS) is 12.9. The van der Waals surface area contributed by atoms with E-state index in [9.17, 15) is 26.4 Å². The molecular weight excluding hydrogens is 533 g/mol. The first kappa shape index (κ1) is 30.4. The Morgan fingerprint density at radius 3 is 2.19 bits per heavy atom. The van der Waals surface area contributed by atoms with Gasteiger partial charge in [0.1, 0.15) is 10.7 Å². The fraction of sp³-hybridized carbons (Fsp3) is 0.435. The summed E-state index contributed by atoms with van der Waals surface area (Å²) in [5.74, 6) is -2.19. The molecule has 2 heterocycles. The van der Waals surface area contributed by atoms with Crippen LogP contribution in [0.2, 0.25) is 0 Å². The third-order valence-electron chi connectivity index (χ3n) is 5.12. The standard InChI is InChI=1S/C21H28N4O3S2.C2HF3O2/c1-12(2)25-30(27,28)11-17-8-6-16(7-9-17)10-22-14(4)19-23-20(26)18-13(3)15(5)29-21(18)24-19;3-2(4,5)1(6)7/h6-9,12,14,22,25H,10-11H2,1-5H3,(H,23,24,26);(H,6,7). The van der Waals surface area contributed by atoms with Gasteiger partial charge in [0.25, 0.3) is 5.56 Å². The number of fused-ring (bicyclic) bond motifs is 1. The minimum Gasteiger partial charge on any atom is -0.475 e. The van der Waals surface area contributed by atoms with Crippen molar-refractivity contribution in [2.45, 2.75) is 65.2 Å². The van der Waals surface area contributed by atoms with E-state index in [0.29, 0.717) is 17.8 Å². The summed E-state index contributed by atoms with van der Waals surface area (Å²) in [7, 11) is -3.34. The lowest BCUT2D eigenvalue weighted by Gasteiger charge is -2.14. The molecule has 0 aliphatic heterocycles. The molecule has 3 aromatic rings. The molecule has 9 nitrogen and oxygen atoms in total. The number of carboxylic acid groups (broad SMARTS) is 1. The zero-order valence-electron chi connectivity index (χ0n) is 20.9. The third kappa shape index (κ3) is 8.91. The summed E-state index contributed by atoms with van der Waals surface area (Å²) in [6, 6.07) is 7.20. The number of alkyl halides is 3. The van der Waals surface area contributed by atoms with Gasteiger partial charge in [0.2, 0.25) is 10.0 Å². The van der Waals surface area contributed by atoms with Gasteiger partial charge in [-0.1, -0.05) is 24.3 Å². The van der Waals surface area contributed by atoms with Crippen molar-refractivity contribution in [2.75, 3.05) is 0 Å². The maximum absolute atomic E-state index is 12.5. The number of carbonyl (C=O) groups is 1. The second kappa shape index (κ2) is 12.2. The number of nitrogens with one attached hydrogen (secondary N) is 3. The molecule has 0 saturated heterocycles. The molecule has 4 N–H and O–H groups in total. The first-order valence-corrected chi connectivity index (χ1v) is 13.6. The number of aryl methyl sites for hydroxylation is 2. The average Bonchev–Trinajstić information content (AvgIpc) is 3.05. The molecule has 1 aromatic carbocycles. The van der Waals surface area contributed by atoms with Crippen molar-refractivity contribution in [3.05, 3.63) is 62.0 Å². The van der Waals surface area contributed by atoms with Crippen LogP contribution in [0.25, 0.3) is 10.2 Å². The number of thiophene rings is 1. The molecule has 2 aromatic heterocycles. The first-order valence-electron chi connectivity index (χ1n) is 11.1. The number of benzene rings is 1. The average molecular weight is 563 g/mol. The quantitative estimate of drug-likeness (QED) is 0.326. The summed E-state index contributed by atoms with van der Waals surface area (Å²) in [6.07, 6.45) is -5.08. The Morgan fingerprint density at radius 2 is 1.68 bits per heavy atom. The Balaban J connectivity index is 0.000000604. The zero-order chi connectivity index (χ0) is 28.1. The van der Waals surface area contributed by atoms with E-state index in [1.54, 1.807) is 13.8 Å². The summed E-state index contributed by atoms with van der Waals surface area (Å²) >= 11 is 1.54. The van der Waals surface area contributed by atoms with Gasteiger partial charge >= 0.3 is 12.1 Å². The van der Waals surface area contributed by atoms with Crippen molar-refractivity contribution in [3.63, 3.8) is 0 Å².